The minimum absolute atomic E-state index is 0.120. The number of aryl methyl sites for hydroxylation is 1. The van der Waals surface area contributed by atoms with Gasteiger partial charge in [-0.05, 0) is 58.7 Å². The Labute approximate surface area is 127 Å². The van der Waals surface area contributed by atoms with Crippen LogP contribution in [0.4, 0.5) is 0 Å². The van der Waals surface area contributed by atoms with Gasteiger partial charge in [0, 0.05) is 9.13 Å². The third-order valence-corrected chi connectivity index (χ3v) is 4.25. The van der Waals surface area contributed by atoms with Gasteiger partial charge in [-0.2, -0.15) is 0 Å². The Hall–Kier alpha value is -1.07. The van der Waals surface area contributed by atoms with Crippen molar-refractivity contribution in [2.45, 2.75) is 18.9 Å². The van der Waals surface area contributed by atoms with E-state index in [1.807, 2.05) is 0 Å². The fourth-order valence-electron chi connectivity index (χ4n) is 2.51. The maximum atomic E-state index is 6.41. The van der Waals surface area contributed by atoms with E-state index in [1.54, 1.807) is 0 Å². The van der Waals surface area contributed by atoms with Crippen LogP contribution in [0.25, 0.3) is 0 Å². The number of rotatable bonds is 2. The molecule has 3 rings (SSSR count). The van der Waals surface area contributed by atoms with Gasteiger partial charge in [-0.15, -0.1) is 0 Å². The van der Waals surface area contributed by atoms with Crippen LogP contribution in [0.5, 0.6) is 5.75 Å². The summed E-state index contributed by atoms with van der Waals surface area (Å²) in [4.78, 5) is 0. The topological polar surface area (TPSA) is 35.2 Å². The summed E-state index contributed by atoms with van der Waals surface area (Å²) in [5.41, 5.74) is 9.91. The Kier molecular flexibility index (Phi) is 3.75. The first-order chi connectivity index (χ1) is 9.25. The number of nitrogens with two attached hydrogens (primary N) is 1. The number of hydrogen-bond donors (Lipinski definition) is 1. The Morgan fingerprint density at radius 3 is 2.68 bits per heavy atom. The van der Waals surface area contributed by atoms with Gasteiger partial charge in [0.2, 0.25) is 0 Å². The molecule has 0 fully saturated rings. The number of para-hydroxylation sites is 1. The van der Waals surface area contributed by atoms with Crippen molar-refractivity contribution in [3.63, 3.8) is 0 Å². The number of fused-ring (bicyclic) bond motifs is 1. The van der Waals surface area contributed by atoms with Gasteiger partial charge in [0.25, 0.3) is 0 Å². The molecule has 0 bridgehead atoms. The first-order valence-electron chi connectivity index (χ1n) is 6.51. The molecule has 3 heteroatoms. The molecule has 0 spiro atoms. The molecule has 0 amide bonds. The molecule has 98 valence electrons. The van der Waals surface area contributed by atoms with Crippen molar-refractivity contribution in [3.8, 4) is 5.75 Å². The van der Waals surface area contributed by atoms with Gasteiger partial charge in [0.15, 0.2) is 0 Å². The van der Waals surface area contributed by atoms with Crippen molar-refractivity contribution in [1.82, 2.24) is 0 Å². The first kappa shape index (κ1) is 12.9. The van der Waals surface area contributed by atoms with Gasteiger partial charge < -0.3 is 10.5 Å². The average molecular weight is 365 g/mol. The molecule has 1 unspecified atom stereocenters. The van der Waals surface area contributed by atoms with Crippen LogP contribution in [0.2, 0.25) is 0 Å². The van der Waals surface area contributed by atoms with Gasteiger partial charge in [-0.3, -0.25) is 0 Å². The Bertz CT molecular complexity index is 580. The number of benzene rings is 2. The maximum absolute atomic E-state index is 6.41. The zero-order valence-corrected chi connectivity index (χ0v) is 12.8. The van der Waals surface area contributed by atoms with Gasteiger partial charge in [0.1, 0.15) is 5.75 Å². The summed E-state index contributed by atoms with van der Waals surface area (Å²) in [5, 5.41) is 0. The monoisotopic (exact) mass is 365 g/mol. The lowest BCUT2D eigenvalue weighted by Gasteiger charge is -2.23. The smallest absolute Gasteiger partial charge is 0.127 e. The van der Waals surface area contributed by atoms with E-state index < -0.39 is 0 Å². The molecule has 1 aliphatic heterocycles. The number of ether oxygens (including phenoxy) is 1. The van der Waals surface area contributed by atoms with Crippen molar-refractivity contribution >= 4 is 22.6 Å². The van der Waals surface area contributed by atoms with Crippen LogP contribution in [-0.2, 0) is 6.42 Å². The molecule has 0 radical (unpaired) electrons. The lowest BCUT2D eigenvalue weighted by atomic mass is 9.94. The summed E-state index contributed by atoms with van der Waals surface area (Å²) in [5.74, 6) is 1.000. The third kappa shape index (κ3) is 2.62. The van der Waals surface area contributed by atoms with Gasteiger partial charge in [0.05, 0.1) is 12.6 Å². The zero-order chi connectivity index (χ0) is 13.2. The van der Waals surface area contributed by atoms with E-state index in [0.717, 1.165) is 36.3 Å². The highest BCUT2D eigenvalue weighted by Gasteiger charge is 2.19. The molecule has 2 N–H and O–H groups in total. The summed E-state index contributed by atoms with van der Waals surface area (Å²) >= 11 is 2.30. The summed E-state index contributed by atoms with van der Waals surface area (Å²) < 4.78 is 7.06. The van der Waals surface area contributed by atoms with Crippen molar-refractivity contribution in [2.24, 2.45) is 5.73 Å². The Morgan fingerprint density at radius 1 is 1.11 bits per heavy atom. The predicted molar refractivity (Wildman–Crippen MR) is 85.4 cm³/mol. The molecule has 1 atom stereocenters. The summed E-state index contributed by atoms with van der Waals surface area (Å²) in [6, 6.07) is 14.5. The van der Waals surface area contributed by atoms with E-state index in [0.29, 0.717) is 0 Å². The van der Waals surface area contributed by atoms with E-state index in [2.05, 4.69) is 65.1 Å². The predicted octanol–water partition coefficient (Wildman–Crippen LogP) is 3.66. The van der Waals surface area contributed by atoms with Crippen LogP contribution in [0.15, 0.2) is 42.5 Å². The van der Waals surface area contributed by atoms with E-state index in [9.17, 15) is 0 Å². The average Bonchev–Trinajstić information content (AvgIpc) is 2.47. The van der Waals surface area contributed by atoms with Crippen molar-refractivity contribution in [3.05, 3.63) is 62.7 Å². The standard InChI is InChI=1S/C16H16INO/c17-13-8-6-11(7-9-13)15(18)14-5-1-3-12-4-2-10-19-16(12)14/h1,3,5-9,15H,2,4,10,18H2. The van der Waals surface area contributed by atoms with Crippen molar-refractivity contribution in [2.75, 3.05) is 6.61 Å². The molecule has 2 aromatic carbocycles. The molecule has 19 heavy (non-hydrogen) atoms. The minimum Gasteiger partial charge on any atom is -0.493 e. The molecule has 1 aliphatic rings. The van der Waals surface area contributed by atoms with Gasteiger partial charge >= 0.3 is 0 Å². The quantitative estimate of drug-likeness (QED) is 0.825. The fraction of sp³-hybridized carbons (Fsp3) is 0.250. The second-order valence-electron chi connectivity index (χ2n) is 4.82. The number of halogens is 1. The van der Waals surface area contributed by atoms with Crippen LogP contribution >= 0.6 is 22.6 Å². The third-order valence-electron chi connectivity index (χ3n) is 3.53. The van der Waals surface area contributed by atoms with Crippen LogP contribution in [0.3, 0.4) is 0 Å². The number of hydrogen-bond acceptors (Lipinski definition) is 2. The lowest BCUT2D eigenvalue weighted by Crippen LogP contribution is -2.17. The largest absolute Gasteiger partial charge is 0.493 e. The molecule has 1 heterocycles. The molecular weight excluding hydrogens is 349 g/mol. The highest BCUT2D eigenvalue weighted by Crippen LogP contribution is 2.34. The molecule has 2 nitrogen and oxygen atoms in total. The Morgan fingerprint density at radius 2 is 1.89 bits per heavy atom. The Balaban J connectivity index is 1.99. The van der Waals surface area contributed by atoms with Crippen LogP contribution in [0.1, 0.15) is 29.2 Å². The minimum atomic E-state index is -0.120. The molecule has 0 aliphatic carbocycles. The SMILES string of the molecule is NC(c1ccc(I)cc1)c1cccc2c1OCCC2. The van der Waals surface area contributed by atoms with E-state index >= 15 is 0 Å². The van der Waals surface area contributed by atoms with Crippen LogP contribution in [-0.4, -0.2) is 6.61 Å². The molecule has 0 saturated carbocycles. The van der Waals surface area contributed by atoms with Gasteiger partial charge in [-0.25, -0.2) is 0 Å². The van der Waals surface area contributed by atoms with Gasteiger partial charge in [-0.1, -0.05) is 30.3 Å². The maximum Gasteiger partial charge on any atom is 0.127 e. The van der Waals surface area contributed by atoms with E-state index in [1.165, 1.54) is 9.13 Å². The summed E-state index contributed by atoms with van der Waals surface area (Å²) in [7, 11) is 0. The molecule has 0 saturated heterocycles. The van der Waals surface area contributed by atoms with E-state index in [4.69, 9.17) is 10.5 Å². The lowest BCUT2D eigenvalue weighted by molar-refractivity contribution is 0.284. The normalized spacial score (nSPS) is 15.5. The summed E-state index contributed by atoms with van der Waals surface area (Å²) in [6.45, 7) is 0.795. The van der Waals surface area contributed by atoms with Crippen molar-refractivity contribution in [1.29, 1.82) is 0 Å². The van der Waals surface area contributed by atoms with Crippen molar-refractivity contribution < 1.29 is 4.74 Å². The van der Waals surface area contributed by atoms with E-state index in [-0.39, 0.29) is 6.04 Å². The second kappa shape index (κ2) is 5.51. The zero-order valence-electron chi connectivity index (χ0n) is 10.6. The molecule has 0 aromatic heterocycles. The molecule has 2 aromatic rings. The summed E-state index contributed by atoms with van der Waals surface area (Å²) in [6.07, 6.45) is 2.18. The molecular formula is C16H16INO. The second-order valence-corrected chi connectivity index (χ2v) is 6.06. The van der Waals surface area contributed by atoms with Crippen LogP contribution < -0.4 is 10.5 Å². The highest BCUT2D eigenvalue weighted by molar-refractivity contribution is 14.1. The highest BCUT2D eigenvalue weighted by atomic mass is 127. The fourth-order valence-corrected chi connectivity index (χ4v) is 2.87. The van der Waals surface area contributed by atoms with Crippen LogP contribution in [0, 0.1) is 3.57 Å². The first-order valence-corrected chi connectivity index (χ1v) is 7.59.